The number of hydrogen-bond acceptors (Lipinski definition) is 7. The van der Waals surface area contributed by atoms with Gasteiger partial charge in [0.2, 0.25) is 5.13 Å². The minimum absolute atomic E-state index is 0.00828. The molecule has 2 aromatic carbocycles. The van der Waals surface area contributed by atoms with Gasteiger partial charge in [-0.2, -0.15) is 0 Å². The van der Waals surface area contributed by atoms with Crippen molar-refractivity contribution < 1.29 is 19.4 Å². The Balaban J connectivity index is 1.84. The number of nitrogens with zero attached hydrogens (tertiary/aromatic N) is 3. The molecule has 1 atom stereocenters. The molecule has 34 heavy (non-hydrogen) atoms. The van der Waals surface area contributed by atoms with E-state index < -0.39 is 17.7 Å². The van der Waals surface area contributed by atoms with Gasteiger partial charge >= 0.3 is 5.91 Å². The average Bonchev–Trinajstić information content (AvgIpc) is 3.34. The van der Waals surface area contributed by atoms with Gasteiger partial charge in [-0.05, 0) is 62.1 Å². The summed E-state index contributed by atoms with van der Waals surface area (Å²) in [5.41, 5.74) is 2.28. The number of anilines is 1. The van der Waals surface area contributed by atoms with Crippen LogP contribution in [-0.4, -0.2) is 33.1 Å². The van der Waals surface area contributed by atoms with Crippen molar-refractivity contribution in [3.63, 3.8) is 0 Å². The van der Waals surface area contributed by atoms with Crippen LogP contribution in [0.25, 0.3) is 5.76 Å². The van der Waals surface area contributed by atoms with Crippen molar-refractivity contribution in [3.05, 3.63) is 75.8 Å². The average molecular weight is 478 g/mol. The molecule has 1 saturated heterocycles. The summed E-state index contributed by atoms with van der Waals surface area (Å²) in [6.07, 6.45) is 0.00828. The number of aryl methyl sites for hydroxylation is 1. The molecular formula is C26H27N3O4S. The number of rotatable bonds is 6. The van der Waals surface area contributed by atoms with Crippen LogP contribution in [0, 0.1) is 6.92 Å². The summed E-state index contributed by atoms with van der Waals surface area (Å²) in [5, 5.41) is 20.4. The largest absolute Gasteiger partial charge is 0.507 e. The molecule has 1 aliphatic heterocycles. The van der Waals surface area contributed by atoms with E-state index in [2.05, 4.69) is 24.0 Å². The molecule has 0 saturated carbocycles. The van der Waals surface area contributed by atoms with E-state index in [1.165, 1.54) is 16.2 Å². The van der Waals surface area contributed by atoms with E-state index >= 15 is 0 Å². The van der Waals surface area contributed by atoms with Crippen LogP contribution < -0.4 is 9.64 Å². The number of ether oxygens (including phenoxy) is 1. The Labute approximate surface area is 202 Å². The van der Waals surface area contributed by atoms with Crippen molar-refractivity contribution in [1.82, 2.24) is 10.2 Å². The summed E-state index contributed by atoms with van der Waals surface area (Å²) < 4.78 is 5.67. The second kappa shape index (κ2) is 9.38. The Hall–Kier alpha value is -3.52. The van der Waals surface area contributed by atoms with Crippen molar-refractivity contribution in [3.8, 4) is 5.75 Å². The molecule has 1 fully saturated rings. The van der Waals surface area contributed by atoms with E-state index in [1.807, 2.05) is 38.1 Å². The summed E-state index contributed by atoms with van der Waals surface area (Å²) in [6.45, 7) is 9.82. The van der Waals surface area contributed by atoms with Crippen LogP contribution in [0.1, 0.15) is 61.4 Å². The minimum Gasteiger partial charge on any atom is -0.507 e. The predicted octanol–water partition coefficient (Wildman–Crippen LogP) is 5.38. The first kappa shape index (κ1) is 23.6. The summed E-state index contributed by atoms with van der Waals surface area (Å²) in [4.78, 5) is 27.7. The van der Waals surface area contributed by atoms with Crippen molar-refractivity contribution >= 4 is 33.9 Å². The zero-order chi connectivity index (χ0) is 24.6. The number of aliphatic hydroxyl groups is 1. The highest BCUT2D eigenvalue weighted by Crippen LogP contribution is 2.43. The highest BCUT2D eigenvalue weighted by Gasteiger charge is 2.48. The summed E-state index contributed by atoms with van der Waals surface area (Å²) in [6, 6.07) is 13.7. The topological polar surface area (TPSA) is 92.6 Å². The number of carbonyl (C=O) groups excluding carboxylic acids is 2. The maximum Gasteiger partial charge on any atom is 0.301 e. The number of benzene rings is 2. The third-order valence-electron chi connectivity index (χ3n) is 5.58. The second-order valence-electron chi connectivity index (χ2n) is 8.79. The maximum atomic E-state index is 13.2. The van der Waals surface area contributed by atoms with E-state index in [9.17, 15) is 14.7 Å². The van der Waals surface area contributed by atoms with Crippen LogP contribution in [-0.2, 0) is 9.59 Å². The fraction of sp³-hybridized carbons (Fsp3) is 0.308. The van der Waals surface area contributed by atoms with E-state index in [4.69, 9.17) is 4.74 Å². The molecule has 176 valence electrons. The van der Waals surface area contributed by atoms with E-state index in [0.29, 0.717) is 32.9 Å². The Morgan fingerprint density at radius 1 is 1.00 bits per heavy atom. The number of hydrogen-bond donors (Lipinski definition) is 1. The van der Waals surface area contributed by atoms with Crippen LogP contribution in [0.4, 0.5) is 5.13 Å². The quantitative estimate of drug-likeness (QED) is 0.291. The number of Topliss-reactive ketones (excluding diaryl/α,β-unsaturated/α-hetero) is 1. The molecule has 0 radical (unpaired) electrons. The molecule has 0 bridgehead atoms. The van der Waals surface area contributed by atoms with Gasteiger partial charge in [-0.1, -0.05) is 49.4 Å². The van der Waals surface area contributed by atoms with Crippen LogP contribution >= 0.6 is 11.3 Å². The molecule has 1 amide bonds. The van der Waals surface area contributed by atoms with Crippen molar-refractivity contribution in [2.75, 3.05) is 4.90 Å². The molecular weight excluding hydrogens is 450 g/mol. The van der Waals surface area contributed by atoms with Gasteiger partial charge in [0.25, 0.3) is 5.78 Å². The lowest BCUT2D eigenvalue weighted by Gasteiger charge is -2.23. The van der Waals surface area contributed by atoms with E-state index in [0.717, 1.165) is 5.56 Å². The van der Waals surface area contributed by atoms with Gasteiger partial charge in [0.15, 0.2) is 0 Å². The van der Waals surface area contributed by atoms with Crippen LogP contribution in [0.15, 0.2) is 54.1 Å². The minimum atomic E-state index is -0.819. The molecule has 0 aliphatic carbocycles. The summed E-state index contributed by atoms with van der Waals surface area (Å²) >= 11 is 1.22. The summed E-state index contributed by atoms with van der Waals surface area (Å²) in [5.74, 6) is -0.757. The van der Waals surface area contributed by atoms with Gasteiger partial charge in [-0.3, -0.25) is 14.5 Å². The van der Waals surface area contributed by atoms with Gasteiger partial charge in [0, 0.05) is 5.56 Å². The second-order valence-corrected chi connectivity index (χ2v) is 9.95. The van der Waals surface area contributed by atoms with Gasteiger partial charge in [0.05, 0.1) is 17.7 Å². The van der Waals surface area contributed by atoms with E-state index in [-0.39, 0.29) is 17.4 Å². The smallest absolute Gasteiger partial charge is 0.301 e. The first-order chi connectivity index (χ1) is 16.2. The van der Waals surface area contributed by atoms with Gasteiger partial charge < -0.3 is 9.84 Å². The van der Waals surface area contributed by atoms with Gasteiger partial charge in [-0.25, -0.2) is 0 Å². The standard InChI is InChI=1S/C26H27N3O4S/c1-14(2)17-6-8-18(9-7-17)22-21(23(30)19-10-12-20(13-11-19)33-15(3)4)24(31)25(32)29(22)26-28-27-16(5)34-26/h6-15,22,30H,1-5H3/b23-21+. The van der Waals surface area contributed by atoms with Crippen molar-refractivity contribution in [2.24, 2.45) is 0 Å². The van der Waals surface area contributed by atoms with Crippen molar-refractivity contribution in [1.29, 1.82) is 0 Å². The first-order valence-electron chi connectivity index (χ1n) is 11.2. The van der Waals surface area contributed by atoms with Gasteiger partial charge in [-0.15, -0.1) is 10.2 Å². The molecule has 1 aromatic heterocycles. The lowest BCUT2D eigenvalue weighted by atomic mass is 9.93. The lowest BCUT2D eigenvalue weighted by molar-refractivity contribution is -0.132. The zero-order valence-electron chi connectivity index (χ0n) is 19.8. The summed E-state index contributed by atoms with van der Waals surface area (Å²) in [7, 11) is 0. The maximum absolute atomic E-state index is 13.2. The predicted molar refractivity (Wildman–Crippen MR) is 132 cm³/mol. The fourth-order valence-corrected chi connectivity index (χ4v) is 4.63. The molecule has 2 heterocycles. The highest BCUT2D eigenvalue weighted by atomic mass is 32.1. The Morgan fingerprint density at radius 2 is 1.65 bits per heavy atom. The molecule has 1 aliphatic rings. The van der Waals surface area contributed by atoms with Gasteiger partial charge in [0.1, 0.15) is 16.5 Å². The van der Waals surface area contributed by atoms with Crippen LogP contribution in [0.3, 0.4) is 0 Å². The Bertz CT molecular complexity index is 1240. The molecule has 1 unspecified atom stereocenters. The van der Waals surface area contributed by atoms with Crippen molar-refractivity contribution in [2.45, 2.75) is 52.7 Å². The number of ketones is 1. The molecule has 3 aromatic rings. The number of aliphatic hydroxyl groups excluding tert-OH is 1. The van der Waals surface area contributed by atoms with E-state index in [1.54, 1.807) is 31.2 Å². The number of aromatic nitrogens is 2. The number of amides is 1. The highest BCUT2D eigenvalue weighted by molar-refractivity contribution is 7.15. The number of carbonyl (C=O) groups is 2. The normalized spacial score (nSPS) is 17.7. The molecule has 7 nitrogen and oxygen atoms in total. The molecule has 8 heteroatoms. The van der Waals surface area contributed by atoms with Crippen LogP contribution in [0.2, 0.25) is 0 Å². The SMILES string of the molecule is Cc1nnc(N2C(=O)C(=O)/C(=C(/O)c3ccc(OC(C)C)cc3)C2c2ccc(C(C)C)cc2)s1. The molecule has 4 rings (SSSR count). The zero-order valence-corrected chi connectivity index (χ0v) is 20.6. The van der Waals surface area contributed by atoms with Crippen LogP contribution in [0.5, 0.6) is 5.75 Å². The molecule has 0 spiro atoms. The monoisotopic (exact) mass is 477 g/mol. The third-order valence-corrected chi connectivity index (χ3v) is 6.42. The fourth-order valence-electron chi connectivity index (χ4n) is 3.91. The molecule has 1 N–H and O–H groups in total. The lowest BCUT2D eigenvalue weighted by Crippen LogP contribution is -2.29. The Kier molecular flexibility index (Phi) is 6.52. The first-order valence-corrected chi connectivity index (χ1v) is 12.0. The Morgan fingerprint density at radius 3 is 2.18 bits per heavy atom. The third kappa shape index (κ3) is 4.46.